The van der Waals surface area contributed by atoms with Gasteiger partial charge in [0.2, 0.25) is 0 Å². The molecule has 7 aromatic rings. The lowest BCUT2D eigenvalue weighted by molar-refractivity contribution is 0.475. The summed E-state index contributed by atoms with van der Waals surface area (Å²) < 4.78 is 0. The first-order valence-electron chi connectivity index (χ1n) is 14.6. The highest BCUT2D eigenvalue weighted by atomic mass is 16.3. The molecule has 0 fully saturated rings. The number of hydrogen-bond acceptors (Lipinski definition) is 2. The van der Waals surface area contributed by atoms with E-state index in [4.69, 9.17) is 0 Å². The Balaban J connectivity index is 1.61. The van der Waals surface area contributed by atoms with Crippen molar-refractivity contribution in [2.75, 3.05) is 0 Å². The van der Waals surface area contributed by atoms with Gasteiger partial charge in [0, 0.05) is 22.3 Å². The Morgan fingerprint density at radius 3 is 1.43 bits per heavy atom. The van der Waals surface area contributed by atoms with E-state index in [0.29, 0.717) is 0 Å². The summed E-state index contributed by atoms with van der Waals surface area (Å²) in [7, 11) is 0. The number of rotatable bonds is 3. The van der Waals surface area contributed by atoms with Gasteiger partial charge in [0.25, 0.3) is 0 Å². The number of benzene rings is 7. The molecule has 1 aliphatic rings. The van der Waals surface area contributed by atoms with Crippen molar-refractivity contribution >= 4 is 10.8 Å². The fourth-order valence-electron chi connectivity index (χ4n) is 6.55. The summed E-state index contributed by atoms with van der Waals surface area (Å²) in [6.07, 6.45) is 0. The van der Waals surface area contributed by atoms with E-state index < -0.39 is 0 Å². The first kappa shape index (κ1) is 25.7. The van der Waals surface area contributed by atoms with Crippen LogP contribution in [0.5, 0.6) is 11.5 Å². The SMILES string of the molecule is Oc1ccc(C#Cc2c(-c3ccc(O)cc3)c(-c3ccccc3)c3c(c2-c2ccccc2)-c2cccc4cccc-3c24)cc1. The van der Waals surface area contributed by atoms with Gasteiger partial charge in [-0.15, -0.1) is 0 Å². The predicted molar refractivity (Wildman–Crippen MR) is 180 cm³/mol. The summed E-state index contributed by atoms with van der Waals surface area (Å²) in [5, 5.41) is 22.7. The van der Waals surface area contributed by atoms with Crippen LogP contribution in [0.1, 0.15) is 11.1 Å². The van der Waals surface area contributed by atoms with Crippen molar-refractivity contribution < 1.29 is 10.2 Å². The maximum atomic E-state index is 10.3. The molecule has 0 spiro atoms. The molecule has 0 unspecified atom stereocenters. The Hall–Kier alpha value is -6.04. The lowest BCUT2D eigenvalue weighted by Crippen LogP contribution is -2.00. The zero-order chi connectivity index (χ0) is 29.6. The van der Waals surface area contributed by atoms with Gasteiger partial charge in [-0.2, -0.15) is 0 Å². The van der Waals surface area contributed by atoms with Gasteiger partial charge in [0.05, 0.1) is 0 Å². The van der Waals surface area contributed by atoms with Gasteiger partial charge in [-0.3, -0.25) is 0 Å². The van der Waals surface area contributed by atoms with E-state index in [0.717, 1.165) is 44.5 Å². The largest absolute Gasteiger partial charge is 0.508 e. The molecular weight excluding hydrogens is 536 g/mol. The molecule has 0 heterocycles. The van der Waals surface area contributed by atoms with Gasteiger partial charge >= 0.3 is 0 Å². The van der Waals surface area contributed by atoms with E-state index in [1.54, 1.807) is 24.3 Å². The lowest BCUT2D eigenvalue weighted by Gasteiger charge is -2.23. The molecule has 7 aromatic carbocycles. The number of fused-ring (bicyclic) bond motifs is 3. The molecule has 2 N–H and O–H groups in total. The van der Waals surface area contributed by atoms with Crippen molar-refractivity contribution in [2.24, 2.45) is 0 Å². The molecule has 0 atom stereocenters. The van der Waals surface area contributed by atoms with Crippen molar-refractivity contribution in [1.82, 2.24) is 0 Å². The van der Waals surface area contributed by atoms with Crippen LogP contribution in [0.2, 0.25) is 0 Å². The highest BCUT2D eigenvalue weighted by molar-refractivity contribution is 6.23. The van der Waals surface area contributed by atoms with E-state index in [1.807, 2.05) is 36.4 Å². The third kappa shape index (κ3) is 4.15. The molecule has 0 radical (unpaired) electrons. The quantitative estimate of drug-likeness (QED) is 0.210. The summed E-state index contributed by atoms with van der Waals surface area (Å²) in [5.74, 6) is 7.48. The van der Waals surface area contributed by atoms with Crippen LogP contribution in [-0.2, 0) is 0 Å². The number of aromatic hydroxyl groups is 2. The molecule has 8 rings (SSSR count). The minimum absolute atomic E-state index is 0.208. The van der Waals surface area contributed by atoms with E-state index in [-0.39, 0.29) is 11.5 Å². The van der Waals surface area contributed by atoms with Crippen molar-refractivity contribution in [3.63, 3.8) is 0 Å². The molecule has 1 aliphatic carbocycles. The van der Waals surface area contributed by atoms with Crippen molar-refractivity contribution in [2.45, 2.75) is 0 Å². The zero-order valence-corrected chi connectivity index (χ0v) is 23.8. The molecule has 0 saturated heterocycles. The summed E-state index contributed by atoms with van der Waals surface area (Å²) in [5.41, 5.74) is 12.9. The van der Waals surface area contributed by atoms with E-state index in [9.17, 15) is 10.2 Å². The molecule has 0 aliphatic heterocycles. The van der Waals surface area contributed by atoms with Crippen LogP contribution in [0.15, 0.2) is 146 Å². The summed E-state index contributed by atoms with van der Waals surface area (Å²) >= 11 is 0. The fraction of sp³-hybridized carbons (Fsp3) is 0. The second-order valence-corrected chi connectivity index (χ2v) is 11.0. The van der Waals surface area contributed by atoms with E-state index >= 15 is 0 Å². The second kappa shape index (κ2) is 10.3. The van der Waals surface area contributed by atoms with Crippen LogP contribution in [0.4, 0.5) is 0 Å². The summed E-state index contributed by atoms with van der Waals surface area (Å²) in [6, 6.07) is 48.6. The number of phenols is 2. The third-order valence-corrected chi connectivity index (χ3v) is 8.42. The van der Waals surface area contributed by atoms with Crippen LogP contribution in [0.3, 0.4) is 0 Å². The van der Waals surface area contributed by atoms with Gasteiger partial charge in [0.15, 0.2) is 0 Å². The van der Waals surface area contributed by atoms with Crippen molar-refractivity contribution in [3.05, 3.63) is 157 Å². The molecular formula is C42H26O2. The van der Waals surface area contributed by atoms with Gasteiger partial charge in [-0.05, 0) is 91.7 Å². The highest BCUT2D eigenvalue weighted by Crippen LogP contribution is 2.58. The Bertz CT molecular complexity index is 2250. The van der Waals surface area contributed by atoms with Crippen LogP contribution >= 0.6 is 0 Å². The summed E-state index contributed by atoms with van der Waals surface area (Å²) in [4.78, 5) is 0. The van der Waals surface area contributed by atoms with Crippen molar-refractivity contribution in [3.8, 4) is 79.0 Å². The van der Waals surface area contributed by atoms with Crippen LogP contribution in [0.25, 0.3) is 66.4 Å². The normalized spacial score (nSPS) is 11.2. The molecule has 2 heteroatoms. The monoisotopic (exact) mass is 562 g/mol. The predicted octanol–water partition coefficient (Wildman–Crippen LogP) is 10.3. The smallest absolute Gasteiger partial charge is 0.115 e. The zero-order valence-electron chi connectivity index (χ0n) is 23.8. The lowest BCUT2D eigenvalue weighted by atomic mass is 9.78. The van der Waals surface area contributed by atoms with Gasteiger partial charge in [-0.1, -0.05) is 121 Å². The number of hydrogen-bond donors (Lipinski definition) is 2. The molecule has 0 saturated carbocycles. The Labute approximate surface area is 256 Å². The first-order valence-corrected chi connectivity index (χ1v) is 14.6. The standard InChI is InChI=1S/C42H26O2/c43-32-22-17-27(18-23-32)19-26-36-38(31-20-24-33(44)25-21-31)40(30-11-5-2-6-12-30)42-35-16-8-14-28-13-7-15-34(37(28)35)41(42)39(36)29-9-3-1-4-10-29/h1-18,20-25,43-44H. The first-order chi connectivity index (χ1) is 21.7. The molecule has 0 bridgehead atoms. The fourth-order valence-corrected chi connectivity index (χ4v) is 6.55. The summed E-state index contributed by atoms with van der Waals surface area (Å²) in [6.45, 7) is 0. The maximum absolute atomic E-state index is 10.3. The Morgan fingerprint density at radius 1 is 0.364 bits per heavy atom. The molecule has 44 heavy (non-hydrogen) atoms. The minimum Gasteiger partial charge on any atom is -0.508 e. The van der Waals surface area contributed by atoms with Gasteiger partial charge in [-0.25, -0.2) is 0 Å². The van der Waals surface area contributed by atoms with E-state index in [2.05, 4.69) is 96.8 Å². The Kier molecular flexibility index (Phi) is 6.03. The highest BCUT2D eigenvalue weighted by Gasteiger charge is 2.32. The second-order valence-electron chi connectivity index (χ2n) is 11.0. The Morgan fingerprint density at radius 2 is 0.841 bits per heavy atom. The van der Waals surface area contributed by atoms with Crippen LogP contribution in [0, 0.1) is 11.8 Å². The third-order valence-electron chi connectivity index (χ3n) is 8.42. The topological polar surface area (TPSA) is 40.5 Å². The number of phenolic OH excluding ortho intramolecular Hbond substituents is 2. The average molecular weight is 563 g/mol. The van der Waals surface area contributed by atoms with E-state index in [1.165, 1.54) is 33.0 Å². The molecule has 206 valence electrons. The minimum atomic E-state index is 0.208. The average Bonchev–Trinajstić information content (AvgIpc) is 3.40. The maximum Gasteiger partial charge on any atom is 0.115 e. The molecule has 0 amide bonds. The van der Waals surface area contributed by atoms with Crippen LogP contribution < -0.4 is 0 Å². The molecule has 2 nitrogen and oxygen atoms in total. The van der Waals surface area contributed by atoms with Gasteiger partial charge < -0.3 is 10.2 Å². The van der Waals surface area contributed by atoms with Crippen molar-refractivity contribution in [1.29, 1.82) is 0 Å². The van der Waals surface area contributed by atoms with Crippen LogP contribution in [-0.4, -0.2) is 10.2 Å². The van der Waals surface area contributed by atoms with Gasteiger partial charge in [0.1, 0.15) is 11.5 Å². The molecule has 0 aromatic heterocycles.